The summed E-state index contributed by atoms with van der Waals surface area (Å²) in [5.74, 6) is 0.0438. The van der Waals surface area contributed by atoms with Crippen molar-refractivity contribution in [2.24, 2.45) is 4.99 Å². The van der Waals surface area contributed by atoms with E-state index in [9.17, 15) is 15.2 Å². The van der Waals surface area contributed by atoms with Crippen molar-refractivity contribution in [1.29, 1.82) is 0 Å². The van der Waals surface area contributed by atoms with Crippen LogP contribution in [0.4, 0.5) is 11.4 Å². The van der Waals surface area contributed by atoms with Gasteiger partial charge in [-0.05, 0) is 36.4 Å². The molecule has 0 amide bonds. The molecule has 29 heavy (non-hydrogen) atoms. The Morgan fingerprint density at radius 1 is 1.10 bits per heavy atom. The number of nitro groups is 1. The predicted octanol–water partition coefficient (Wildman–Crippen LogP) is 6.38. The Bertz CT molecular complexity index is 1280. The van der Waals surface area contributed by atoms with Crippen molar-refractivity contribution in [2.45, 2.75) is 0 Å². The molecule has 1 N–H and O–H groups in total. The van der Waals surface area contributed by atoms with Crippen LogP contribution in [0.5, 0.6) is 5.75 Å². The Hall–Kier alpha value is -3.04. The molecule has 4 rings (SSSR count). The summed E-state index contributed by atoms with van der Waals surface area (Å²) in [6.07, 6.45) is 1.36. The third kappa shape index (κ3) is 4.06. The first-order valence-corrected chi connectivity index (χ1v) is 9.87. The molecule has 0 fully saturated rings. The zero-order chi connectivity index (χ0) is 20.5. The largest absolute Gasteiger partial charge is 0.502 e. The second-order valence-corrected chi connectivity index (χ2v) is 7.89. The van der Waals surface area contributed by atoms with Gasteiger partial charge in [0.05, 0.1) is 10.6 Å². The van der Waals surface area contributed by atoms with Crippen LogP contribution in [-0.4, -0.2) is 21.2 Å². The van der Waals surface area contributed by atoms with Gasteiger partial charge in [0, 0.05) is 38.4 Å². The molecule has 0 bridgehead atoms. The van der Waals surface area contributed by atoms with Crippen LogP contribution in [0.1, 0.15) is 5.56 Å². The van der Waals surface area contributed by atoms with Gasteiger partial charge in [-0.2, -0.15) is 0 Å². The molecule has 9 heteroatoms. The van der Waals surface area contributed by atoms with Crippen LogP contribution in [0.15, 0.2) is 73.0 Å². The number of fused-ring (bicyclic) bond motifs is 1. The van der Waals surface area contributed by atoms with E-state index in [1.54, 1.807) is 24.3 Å². The van der Waals surface area contributed by atoms with Crippen molar-refractivity contribution >= 4 is 60.5 Å². The van der Waals surface area contributed by atoms with Gasteiger partial charge >= 0.3 is 5.69 Å². The maximum absolute atomic E-state index is 11.0. The SMILES string of the molecule is O=[N+]([O-])c1cc(Br)cc(C=Nc2ccc3nc(-c4cccc(Br)c4)oc3c2)c1O. The zero-order valence-electron chi connectivity index (χ0n) is 14.5. The van der Waals surface area contributed by atoms with Crippen molar-refractivity contribution in [3.8, 4) is 17.2 Å². The number of nitro benzene ring substituents is 1. The fourth-order valence-electron chi connectivity index (χ4n) is 2.73. The zero-order valence-corrected chi connectivity index (χ0v) is 17.7. The second kappa shape index (κ2) is 7.76. The molecule has 1 aromatic heterocycles. The fraction of sp³-hybridized carbons (Fsp3) is 0. The smallest absolute Gasteiger partial charge is 0.312 e. The van der Waals surface area contributed by atoms with E-state index in [2.05, 4.69) is 41.8 Å². The van der Waals surface area contributed by atoms with Crippen molar-refractivity contribution in [1.82, 2.24) is 4.98 Å². The van der Waals surface area contributed by atoms with Crippen LogP contribution >= 0.6 is 31.9 Å². The Morgan fingerprint density at radius 2 is 1.93 bits per heavy atom. The van der Waals surface area contributed by atoms with Crippen molar-refractivity contribution in [3.63, 3.8) is 0 Å². The standard InChI is InChI=1S/C20H11Br2N3O4/c21-13-3-1-2-11(6-13)20-24-16-5-4-15(9-18(16)29-20)23-10-12-7-14(22)8-17(19(12)26)25(27)28/h1-10,26H. The highest BCUT2D eigenvalue weighted by atomic mass is 79.9. The number of rotatable bonds is 4. The van der Waals surface area contributed by atoms with E-state index >= 15 is 0 Å². The number of phenols is 1. The van der Waals surface area contributed by atoms with E-state index in [4.69, 9.17) is 4.42 Å². The van der Waals surface area contributed by atoms with Crippen molar-refractivity contribution in [2.75, 3.05) is 0 Å². The van der Waals surface area contributed by atoms with E-state index in [1.807, 2.05) is 24.3 Å². The molecule has 0 saturated carbocycles. The summed E-state index contributed by atoms with van der Waals surface area (Å²) >= 11 is 6.63. The third-order valence-corrected chi connectivity index (χ3v) is 5.03. The first-order chi connectivity index (χ1) is 13.9. The van der Waals surface area contributed by atoms with Crippen LogP contribution < -0.4 is 0 Å². The molecule has 1 heterocycles. The number of aromatic hydroxyl groups is 1. The molecule has 4 aromatic rings. The van der Waals surface area contributed by atoms with Crippen LogP contribution in [0.3, 0.4) is 0 Å². The molecule has 3 aromatic carbocycles. The Kier molecular flexibility index (Phi) is 5.16. The topological polar surface area (TPSA) is 102 Å². The number of aliphatic imine (C=N–C) groups is 1. The van der Waals surface area contributed by atoms with Gasteiger partial charge in [-0.1, -0.05) is 37.9 Å². The summed E-state index contributed by atoms with van der Waals surface area (Å²) in [5, 5.41) is 21.1. The van der Waals surface area contributed by atoms with Gasteiger partial charge in [0.15, 0.2) is 5.58 Å². The molecular formula is C20H11Br2N3O4. The molecule has 0 spiro atoms. The lowest BCUT2D eigenvalue weighted by atomic mass is 10.2. The third-order valence-electron chi connectivity index (χ3n) is 4.08. The van der Waals surface area contributed by atoms with Crippen molar-refractivity contribution < 1.29 is 14.4 Å². The number of phenolic OH excluding ortho intramolecular Hbond substituents is 1. The summed E-state index contributed by atoms with van der Waals surface area (Å²) < 4.78 is 7.23. The maximum atomic E-state index is 11.0. The molecule has 7 nitrogen and oxygen atoms in total. The quantitative estimate of drug-likeness (QED) is 0.192. The molecule has 0 saturated heterocycles. The first-order valence-electron chi connectivity index (χ1n) is 8.28. The van der Waals surface area contributed by atoms with E-state index in [0.717, 1.165) is 10.0 Å². The van der Waals surface area contributed by atoms with Crippen LogP contribution in [-0.2, 0) is 0 Å². The number of nitrogens with zero attached hydrogens (tertiary/aromatic N) is 3. The summed E-state index contributed by atoms with van der Waals surface area (Å²) in [4.78, 5) is 19.2. The van der Waals surface area contributed by atoms with E-state index in [0.29, 0.717) is 27.2 Å². The van der Waals surface area contributed by atoms with E-state index < -0.39 is 16.4 Å². The highest BCUT2D eigenvalue weighted by Gasteiger charge is 2.17. The number of oxazole rings is 1. The lowest BCUT2D eigenvalue weighted by molar-refractivity contribution is -0.385. The Balaban J connectivity index is 1.68. The monoisotopic (exact) mass is 515 g/mol. The fourth-order valence-corrected chi connectivity index (χ4v) is 3.59. The first kappa shape index (κ1) is 19.3. The highest BCUT2D eigenvalue weighted by Crippen LogP contribution is 2.33. The maximum Gasteiger partial charge on any atom is 0.312 e. The summed E-state index contributed by atoms with van der Waals surface area (Å²) in [6, 6.07) is 15.6. The lowest BCUT2D eigenvalue weighted by Gasteiger charge is -2.01. The van der Waals surface area contributed by atoms with Crippen LogP contribution in [0, 0.1) is 10.1 Å². The number of halogens is 2. The Labute approximate surface area is 181 Å². The Morgan fingerprint density at radius 3 is 2.69 bits per heavy atom. The van der Waals surface area contributed by atoms with Gasteiger partial charge in [-0.25, -0.2) is 4.98 Å². The minimum atomic E-state index is -0.651. The average molecular weight is 517 g/mol. The molecule has 0 atom stereocenters. The minimum Gasteiger partial charge on any atom is -0.502 e. The predicted molar refractivity (Wildman–Crippen MR) is 117 cm³/mol. The van der Waals surface area contributed by atoms with Gasteiger partial charge < -0.3 is 9.52 Å². The molecule has 0 radical (unpaired) electrons. The summed E-state index contributed by atoms with van der Waals surface area (Å²) in [5.41, 5.74) is 2.45. The molecule has 0 aliphatic carbocycles. The highest BCUT2D eigenvalue weighted by molar-refractivity contribution is 9.10. The van der Waals surface area contributed by atoms with Gasteiger partial charge in [-0.3, -0.25) is 15.1 Å². The van der Waals surface area contributed by atoms with E-state index in [-0.39, 0.29) is 5.56 Å². The molecular weight excluding hydrogens is 506 g/mol. The number of benzene rings is 3. The number of aromatic nitrogens is 1. The van der Waals surface area contributed by atoms with Crippen molar-refractivity contribution in [3.05, 3.63) is 79.2 Å². The minimum absolute atomic E-state index is 0.221. The number of hydrogen-bond donors (Lipinski definition) is 1. The lowest BCUT2D eigenvalue weighted by Crippen LogP contribution is -1.92. The van der Waals surface area contributed by atoms with Gasteiger partial charge in [-0.15, -0.1) is 0 Å². The van der Waals surface area contributed by atoms with Gasteiger partial charge in [0.1, 0.15) is 5.52 Å². The average Bonchev–Trinajstić information content (AvgIpc) is 3.11. The van der Waals surface area contributed by atoms with Gasteiger partial charge in [0.2, 0.25) is 11.6 Å². The second-order valence-electron chi connectivity index (χ2n) is 6.06. The van der Waals surface area contributed by atoms with E-state index in [1.165, 1.54) is 12.3 Å². The molecule has 0 unspecified atom stereocenters. The van der Waals surface area contributed by atoms with Crippen LogP contribution in [0.25, 0.3) is 22.6 Å². The van der Waals surface area contributed by atoms with Crippen LogP contribution in [0.2, 0.25) is 0 Å². The molecule has 144 valence electrons. The normalized spacial score (nSPS) is 11.4. The van der Waals surface area contributed by atoms with Gasteiger partial charge in [0.25, 0.3) is 0 Å². The molecule has 0 aliphatic rings. The summed E-state index contributed by atoms with van der Waals surface area (Å²) in [6.45, 7) is 0. The summed E-state index contributed by atoms with van der Waals surface area (Å²) in [7, 11) is 0. The molecule has 0 aliphatic heterocycles. The number of hydrogen-bond acceptors (Lipinski definition) is 6.